The number of hydrogen-bond acceptors (Lipinski definition) is 4. The number of fused-ring (bicyclic) bond motifs is 1. The molecule has 0 aliphatic rings. The SMILES string of the molecule is O=[N+]([O-])c1cc(C(F)(F)F)cn2ncnc12. The molecular weight excluding hydrogens is 229 g/mol. The average Bonchev–Trinajstić information content (AvgIpc) is 2.61. The third-order valence-corrected chi connectivity index (χ3v) is 1.88. The standard InChI is InChI=1S/C7H3F3N4O2/c8-7(9,10)4-1-5(14(15)16)6-11-3-12-13(6)2-4/h1-3H. The van der Waals surface area contributed by atoms with Crippen LogP contribution in [0.3, 0.4) is 0 Å². The third-order valence-electron chi connectivity index (χ3n) is 1.88. The molecule has 0 aliphatic carbocycles. The van der Waals surface area contributed by atoms with Crippen molar-refractivity contribution in [3.63, 3.8) is 0 Å². The Morgan fingerprint density at radius 1 is 1.44 bits per heavy atom. The minimum atomic E-state index is -4.66. The van der Waals surface area contributed by atoms with E-state index in [1.807, 2.05) is 0 Å². The molecule has 9 heteroatoms. The lowest BCUT2D eigenvalue weighted by Gasteiger charge is -2.06. The minimum Gasteiger partial charge on any atom is -0.258 e. The zero-order valence-electron chi connectivity index (χ0n) is 7.47. The molecule has 2 heterocycles. The number of alkyl halides is 3. The number of halogens is 3. The number of aromatic nitrogens is 3. The van der Waals surface area contributed by atoms with Gasteiger partial charge in [-0.05, 0) is 0 Å². The molecule has 16 heavy (non-hydrogen) atoms. The van der Waals surface area contributed by atoms with E-state index < -0.39 is 22.4 Å². The normalized spacial score (nSPS) is 11.9. The van der Waals surface area contributed by atoms with E-state index in [1.54, 1.807) is 0 Å². The van der Waals surface area contributed by atoms with Crippen LogP contribution in [0.4, 0.5) is 18.9 Å². The fourth-order valence-corrected chi connectivity index (χ4v) is 1.20. The monoisotopic (exact) mass is 232 g/mol. The van der Waals surface area contributed by atoms with Gasteiger partial charge in [0.15, 0.2) is 0 Å². The molecule has 2 rings (SSSR count). The Kier molecular flexibility index (Phi) is 2.04. The van der Waals surface area contributed by atoms with E-state index in [-0.39, 0.29) is 5.65 Å². The lowest BCUT2D eigenvalue weighted by Crippen LogP contribution is -2.08. The Morgan fingerprint density at radius 2 is 2.12 bits per heavy atom. The second kappa shape index (κ2) is 3.15. The van der Waals surface area contributed by atoms with Crippen LogP contribution >= 0.6 is 0 Å². The summed E-state index contributed by atoms with van der Waals surface area (Å²) in [4.78, 5) is 13.1. The first-order valence-corrected chi connectivity index (χ1v) is 3.94. The van der Waals surface area contributed by atoms with E-state index in [0.29, 0.717) is 12.3 Å². The summed E-state index contributed by atoms with van der Waals surface area (Å²) in [6.45, 7) is 0. The van der Waals surface area contributed by atoms with Crippen molar-refractivity contribution in [2.45, 2.75) is 6.18 Å². The van der Waals surface area contributed by atoms with Crippen LogP contribution in [0.5, 0.6) is 0 Å². The highest BCUT2D eigenvalue weighted by atomic mass is 19.4. The van der Waals surface area contributed by atoms with Crippen LogP contribution < -0.4 is 0 Å². The predicted octanol–water partition coefficient (Wildman–Crippen LogP) is 1.66. The first-order chi connectivity index (χ1) is 7.39. The molecule has 0 radical (unpaired) electrons. The smallest absolute Gasteiger partial charge is 0.258 e. The molecule has 0 amide bonds. The average molecular weight is 232 g/mol. The maximum absolute atomic E-state index is 12.4. The maximum Gasteiger partial charge on any atom is 0.418 e. The van der Waals surface area contributed by atoms with Crippen molar-refractivity contribution in [1.82, 2.24) is 14.6 Å². The summed E-state index contributed by atoms with van der Waals surface area (Å²) in [7, 11) is 0. The molecule has 0 saturated heterocycles. The summed E-state index contributed by atoms with van der Waals surface area (Å²) in [5.41, 5.74) is -2.09. The van der Waals surface area contributed by atoms with Crippen molar-refractivity contribution in [1.29, 1.82) is 0 Å². The molecular formula is C7H3F3N4O2. The molecule has 0 spiro atoms. The Labute approximate surface area is 85.5 Å². The summed E-state index contributed by atoms with van der Waals surface area (Å²) >= 11 is 0. The number of nitrogens with zero attached hydrogens (tertiary/aromatic N) is 4. The largest absolute Gasteiger partial charge is 0.418 e. The zero-order chi connectivity index (χ0) is 11.9. The van der Waals surface area contributed by atoms with Crippen LogP contribution in [-0.2, 0) is 6.18 Å². The molecule has 84 valence electrons. The Balaban J connectivity index is 2.76. The molecule has 2 aromatic heterocycles. The second-order valence-electron chi connectivity index (χ2n) is 2.90. The van der Waals surface area contributed by atoms with E-state index in [2.05, 4.69) is 10.1 Å². The topological polar surface area (TPSA) is 73.3 Å². The van der Waals surface area contributed by atoms with Crippen molar-refractivity contribution >= 4 is 11.3 Å². The van der Waals surface area contributed by atoms with Crippen LogP contribution in [0.2, 0.25) is 0 Å². The summed E-state index contributed by atoms with van der Waals surface area (Å²) in [5, 5.41) is 14.0. The van der Waals surface area contributed by atoms with Crippen LogP contribution in [0.1, 0.15) is 5.56 Å². The number of nitro groups is 1. The highest BCUT2D eigenvalue weighted by Gasteiger charge is 2.34. The van der Waals surface area contributed by atoms with E-state index in [9.17, 15) is 23.3 Å². The first-order valence-electron chi connectivity index (χ1n) is 3.94. The maximum atomic E-state index is 12.4. The molecule has 0 atom stereocenters. The molecule has 6 nitrogen and oxygen atoms in total. The quantitative estimate of drug-likeness (QED) is 0.553. The number of pyridine rings is 1. The van der Waals surface area contributed by atoms with Gasteiger partial charge in [0.2, 0.25) is 5.65 Å². The summed E-state index contributed by atoms with van der Waals surface area (Å²) < 4.78 is 37.9. The van der Waals surface area contributed by atoms with E-state index >= 15 is 0 Å². The number of rotatable bonds is 1. The molecule has 0 saturated carbocycles. The fraction of sp³-hybridized carbons (Fsp3) is 0.143. The summed E-state index contributed by atoms with van der Waals surface area (Å²) in [6, 6.07) is 0.435. The van der Waals surface area contributed by atoms with Gasteiger partial charge in [-0.25, -0.2) is 9.50 Å². The van der Waals surface area contributed by atoms with Gasteiger partial charge in [0, 0.05) is 12.3 Å². The Morgan fingerprint density at radius 3 is 2.69 bits per heavy atom. The molecule has 0 aromatic carbocycles. The third kappa shape index (κ3) is 1.55. The summed E-state index contributed by atoms with van der Waals surface area (Å²) in [6.07, 6.45) is -3.07. The van der Waals surface area contributed by atoms with Crippen LogP contribution in [0, 0.1) is 10.1 Å². The fourth-order valence-electron chi connectivity index (χ4n) is 1.20. The van der Waals surface area contributed by atoms with Gasteiger partial charge in [-0.15, -0.1) is 0 Å². The Hall–Kier alpha value is -2.19. The van der Waals surface area contributed by atoms with Crippen molar-refractivity contribution in [2.24, 2.45) is 0 Å². The zero-order valence-corrected chi connectivity index (χ0v) is 7.47. The molecule has 0 N–H and O–H groups in total. The van der Waals surface area contributed by atoms with Crippen molar-refractivity contribution in [2.75, 3.05) is 0 Å². The van der Waals surface area contributed by atoms with Gasteiger partial charge in [0.25, 0.3) is 0 Å². The number of hydrogen-bond donors (Lipinski definition) is 0. The molecule has 0 fully saturated rings. The Bertz CT molecular complexity index is 562. The van der Waals surface area contributed by atoms with Gasteiger partial charge in [0.1, 0.15) is 6.33 Å². The van der Waals surface area contributed by atoms with E-state index in [4.69, 9.17) is 0 Å². The van der Waals surface area contributed by atoms with Crippen LogP contribution in [-0.4, -0.2) is 19.5 Å². The first kappa shape index (κ1) is 10.3. The molecule has 0 unspecified atom stereocenters. The van der Waals surface area contributed by atoms with Crippen molar-refractivity contribution in [3.8, 4) is 0 Å². The van der Waals surface area contributed by atoms with Gasteiger partial charge >= 0.3 is 11.9 Å². The summed E-state index contributed by atoms with van der Waals surface area (Å²) in [5.74, 6) is 0. The lowest BCUT2D eigenvalue weighted by atomic mass is 10.2. The highest BCUT2D eigenvalue weighted by molar-refractivity contribution is 5.59. The highest BCUT2D eigenvalue weighted by Crippen LogP contribution is 2.32. The second-order valence-corrected chi connectivity index (χ2v) is 2.90. The molecule has 2 aromatic rings. The van der Waals surface area contributed by atoms with E-state index in [0.717, 1.165) is 10.8 Å². The molecule has 0 aliphatic heterocycles. The van der Waals surface area contributed by atoms with Gasteiger partial charge in [-0.3, -0.25) is 10.1 Å². The van der Waals surface area contributed by atoms with Crippen LogP contribution in [0.25, 0.3) is 5.65 Å². The van der Waals surface area contributed by atoms with Crippen molar-refractivity contribution in [3.05, 3.63) is 34.3 Å². The van der Waals surface area contributed by atoms with E-state index in [1.165, 1.54) is 0 Å². The van der Waals surface area contributed by atoms with Gasteiger partial charge in [-0.2, -0.15) is 18.3 Å². The predicted molar refractivity (Wildman–Crippen MR) is 44.6 cm³/mol. The van der Waals surface area contributed by atoms with Gasteiger partial charge in [-0.1, -0.05) is 0 Å². The van der Waals surface area contributed by atoms with Crippen molar-refractivity contribution < 1.29 is 18.1 Å². The van der Waals surface area contributed by atoms with Crippen LogP contribution in [0.15, 0.2) is 18.6 Å². The van der Waals surface area contributed by atoms with Gasteiger partial charge < -0.3 is 0 Å². The lowest BCUT2D eigenvalue weighted by molar-refractivity contribution is -0.383. The minimum absolute atomic E-state index is 0.224. The molecule has 0 bridgehead atoms. The van der Waals surface area contributed by atoms with Gasteiger partial charge in [0.05, 0.1) is 10.5 Å².